The lowest BCUT2D eigenvalue weighted by molar-refractivity contribution is -0.151. The fourth-order valence-corrected chi connectivity index (χ4v) is 5.83. The zero-order valence-corrected chi connectivity index (χ0v) is 27.2. The SMILES string of the molecule is CCCCCCC[C@@H](OS(=O)(=O)c1ccc(C)cc1)[C@@H]1OC(C)(C)O[C@@H]1C#CC#C[C@H](CC)OCc1ccc(OC)cc1. The third-order valence-corrected chi connectivity index (χ3v) is 8.49. The van der Waals surface area contributed by atoms with E-state index in [1.54, 1.807) is 45.2 Å². The van der Waals surface area contributed by atoms with Crippen molar-refractivity contribution in [1.82, 2.24) is 0 Å². The first-order chi connectivity index (χ1) is 20.6. The molecule has 0 radical (unpaired) electrons. The minimum Gasteiger partial charge on any atom is -0.497 e. The molecule has 8 heteroatoms. The van der Waals surface area contributed by atoms with Gasteiger partial charge >= 0.3 is 0 Å². The highest BCUT2D eigenvalue weighted by Crippen LogP contribution is 2.34. The molecule has 4 atom stereocenters. The third-order valence-electron chi connectivity index (χ3n) is 7.14. The Balaban J connectivity index is 1.74. The van der Waals surface area contributed by atoms with Crippen LogP contribution in [0.25, 0.3) is 0 Å². The third kappa shape index (κ3) is 11.3. The van der Waals surface area contributed by atoms with Gasteiger partial charge in [0, 0.05) is 0 Å². The number of methoxy groups -OCH3 is 1. The molecule has 0 unspecified atom stereocenters. The van der Waals surface area contributed by atoms with Gasteiger partial charge in [-0.25, -0.2) is 0 Å². The van der Waals surface area contributed by atoms with Crippen LogP contribution >= 0.6 is 0 Å². The normalized spacial score (nSPS) is 19.0. The van der Waals surface area contributed by atoms with Crippen LogP contribution in [0.1, 0.15) is 83.8 Å². The van der Waals surface area contributed by atoms with Crippen LogP contribution in [0.5, 0.6) is 5.75 Å². The van der Waals surface area contributed by atoms with Gasteiger partial charge in [-0.3, -0.25) is 4.18 Å². The van der Waals surface area contributed by atoms with Crippen LogP contribution in [0.4, 0.5) is 0 Å². The summed E-state index contributed by atoms with van der Waals surface area (Å²) in [6, 6.07) is 14.3. The number of hydrogen-bond donors (Lipinski definition) is 0. The highest BCUT2D eigenvalue weighted by atomic mass is 32.2. The Bertz CT molecular complexity index is 1360. The fraction of sp³-hybridized carbons (Fsp3) is 0.543. The topological polar surface area (TPSA) is 80.3 Å². The van der Waals surface area contributed by atoms with Gasteiger partial charge in [-0.05, 0) is 75.3 Å². The van der Waals surface area contributed by atoms with Crippen LogP contribution in [-0.2, 0) is 35.1 Å². The predicted octanol–water partition coefficient (Wildman–Crippen LogP) is 6.96. The number of benzene rings is 2. The van der Waals surface area contributed by atoms with E-state index in [-0.39, 0.29) is 11.0 Å². The average molecular weight is 611 g/mol. The first-order valence-electron chi connectivity index (χ1n) is 15.2. The highest BCUT2D eigenvalue weighted by molar-refractivity contribution is 7.86. The molecule has 0 bridgehead atoms. The van der Waals surface area contributed by atoms with Crippen molar-refractivity contribution in [2.45, 2.75) is 121 Å². The fourth-order valence-electron chi connectivity index (χ4n) is 4.72. The van der Waals surface area contributed by atoms with Crippen molar-refractivity contribution in [3.05, 3.63) is 59.7 Å². The Kier molecular flexibility index (Phi) is 13.6. The second-order valence-electron chi connectivity index (χ2n) is 11.2. The van der Waals surface area contributed by atoms with E-state index in [0.717, 1.165) is 49.0 Å². The molecule has 43 heavy (non-hydrogen) atoms. The molecule has 0 saturated carbocycles. The van der Waals surface area contributed by atoms with Crippen molar-refractivity contribution in [2.24, 2.45) is 0 Å². The summed E-state index contributed by atoms with van der Waals surface area (Å²) in [4.78, 5) is 0.112. The highest BCUT2D eigenvalue weighted by Gasteiger charge is 2.46. The molecule has 0 amide bonds. The smallest absolute Gasteiger partial charge is 0.297 e. The van der Waals surface area contributed by atoms with Gasteiger partial charge in [-0.15, -0.1) is 0 Å². The van der Waals surface area contributed by atoms with E-state index < -0.39 is 34.2 Å². The maximum atomic E-state index is 13.3. The van der Waals surface area contributed by atoms with Crippen LogP contribution in [0, 0.1) is 30.6 Å². The Morgan fingerprint density at radius 3 is 2.28 bits per heavy atom. The molecule has 234 valence electrons. The van der Waals surface area contributed by atoms with Gasteiger partial charge in [0.05, 0.1) is 18.6 Å². The van der Waals surface area contributed by atoms with Crippen molar-refractivity contribution in [3.63, 3.8) is 0 Å². The minimum atomic E-state index is -4.03. The van der Waals surface area contributed by atoms with Gasteiger partial charge in [-0.2, -0.15) is 8.42 Å². The molecule has 0 spiro atoms. The summed E-state index contributed by atoms with van der Waals surface area (Å²) in [5.41, 5.74) is 1.99. The Labute approximate surface area is 258 Å². The predicted molar refractivity (Wildman–Crippen MR) is 168 cm³/mol. The van der Waals surface area contributed by atoms with Crippen LogP contribution in [0.2, 0.25) is 0 Å². The molecule has 3 rings (SSSR count). The monoisotopic (exact) mass is 610 g/mol. The maximum Gasteiger partial charge on any atom is 0.297 e. The zero-order chi connectivity index (χ0) is 31.3. The summed E-state index contributed by atoms with van der Waals surface area (Å²) in [5, 5.41) is 0. The first kappa shape index (κ1) is 34.6. The average Bonchev–Trinajstić information content (AvgIpc) is 3.30. The van der Waals surface area contributed by atoms with E-state index in [1.165, 1.54) is 0 Å². The van der Waals surface area contributed by atoms with Crippen molar-refractivity contribution in [1.29, 1.82) is 0 Å². The second kappa shape index (κ2) is 16.9. The van der Waals surface area contributed by atoms with Crippen molar-refractivity contribution in [2.75, 3.05) is 7.11 Å². The molecule has 1 saturated heterocycles. The summed E-state index contributed by atoms with van der Waals surface area (Å²) < 4.78 is 55.9. The molecule has 1 aliphatic heterocycles. The maximum absolute atomic E-state index is 13.3. The summed E-state index contributed by atoms with van der Waals surface area (Å²) in [6.45, 7) is 10.1. The lowest BCUT2D eigenvalue weighted by Gasteiger charge is -2.25. The molecule has 0 N–H and O–H groups in total. The Hall–Kier alpha value is -2.85. The molecular formula is C35H46O7S. The Morgan fingerprint density at radius 1 is 0.930 bits per heavy atom. The quantitative estimate of drug-likeness (QED) is 0.123. The number of aryl methyl sites for hydroxylation is 1. The molecule has 2 aromatic rings. The lowest BCUT2D eigenvalue weighted by atomic mass is 10.0. The van der Waals surface area contributed by atoms with Crippen LogP contribution in [-0.4, -0.2) is 45.7 Å². The molecule has 0 aliphatic carbocycles. The zero-order valence-electron chi connectivity index (χ0n) is 26.4. The largest absolute Gasteiger partial charge is 0.497 e. The van der Waals surface area contributed by atoms with Gasteiger partial charge in [-0.1, -0.05) is 87.6 Å². The second-order valence-corrected chi connectivity index (χ2v) is 12.8. The van der Waals surface area contributed by atoms with E-state index >= 15 is 0 Å². The van der Waals surface area contributed by atoms with E-state index in [9.17, 15) is 8.42 Å². The number of unbranched alkanes of at least 4 members (excludes halogenated alkanes) is 4. The van der Waals surface area contributed by atoms with Crippen LogP contribution in [0.15, 0.2) is 53.4 Å². The van der Waals surface area contributed by atoms with Crippen molar-refractivity contribution < 1.29 is 31.5 Å². The van der Waals surface area contributed by atoms with Gasteiger partial charge in [0.25, 0.3) is 10.1 Å². The Morgan fingerprint density at radius 2 is 1.63 bits per heavy atom. The van der Waals surface area contributed by atoms with E-state index in [4.69, 9.17) is 23.1 Å². The van der Waals surface area contributed by atoms with E-state index in [1.807, 2.05) is 38.1 Å². The van der Waals surface area contributed by atoms with Gasteiger partial charge < -0.3 is 18.9 Å². The number of ether oxygens (including phenoxy) is 4. The van der Waals surface area contributed by atoms with Gasteiger partial charge in [0.1, 0.15) is 24.1 Å². The van der Waals surface area contributed by atoms with E-state index in [0.29, 0.717) is 19.4 Å². The standard InChI is InChI=1S/C35H46O7S/c1-7-9-10-11-12-17-33(42-43(36,37)31-24-18-27(3)19-25-31)34-32(40-35(4,5)41-34)16-14-13-15-29(8-2)39-26-28-20-22-30(38-6)23-21-28/h18-25,29,32-34H,7-12,17,26H2,1-6H3/t29-,32+,33+,34+/m0/s1. The summed E-state index contributed by atoms with van der Waals surface area (Å²) in [7, 11) is -2.39. The van der Waals surface area contributed by atoms with Crippen molar-refractivity contribution >= 4 is 10.1 Å². The lowest BCUT2D eigenvalue weighted by Crippen LogP contribution is -2.38. The number of rotatable bonds is 15. The summed E-state index contributed by atoms with van der Waals surface area (Å²) in [6.07, 6.45) is 3.86. The molecule has 2 aromatic carbocycles. The summed E-state index contributed by atoms with van der Waals surface area (Å²) >= 11 is 0. The molecule has 1 fully saturated rings. The molecule has 1 aliphatic rings. The summed E-state index contributed by atoms with van der Waals surface area (Å²) in [5.74, 6) is 11.8. The van der Waals surface area contributed by atoms with Crippen LogP contribution < -0.4 is 4.74 Å². The van der Waals surface area contributed by atoms with Crippen molar-refractivity contribution in [3.8, 4) is 29.4 Å². The molecule has 1 heterocycles. The first-order valence-corrected chi connectivity index (χ1v) is 16.6. The molecular weight excluding hydrogens is 564 g/mol. The minimum absolute atomic E-state index is 0.112. The van der Waals surface area contributed by atoms with E-state index in [2.05, 4.69) is 30.6 Å². The van der Waals surface area contributed by atoms with Gasteiger partial charge in [0.15, 0.2) is 11.9 Å². The molecule has 0 aromatic heterocycles. The van der Waals surface area contributed by atoms with Gasteiger partial charge in [0.2, 0.25) is 0 Å². The number of hydrogen-bond acceptors (Lipinski definition) is 7. The van der Waals surface area contributed by atoms with Crippen LogP contribution in [0.3, 0.4) is 0 Å². The molecule has 7 nitrogen and oxygen atoms in total.